The van der Waals surface area contributed by atoms with Crippen LogP contribution in [0.5, 0.6) is 5.75 Å². The molecule has 0 fully saturated rings. The molecule has 0 aliphatic carbocycles. The summed E-state index contributed by atoms with van der Waals surface area (Å²) in [5, 5.41) is 0. The van der Waals surface area contributed by atoms with Crippen LogP contribution < -0.4 is 4.74 Å². The molecule has 1 aromatic rings. The number of hydrogen-bond donors (Lipinski definition) is 0. The van der Waals surface area contributed by atoms with Crippen LogP contribution in [-0.4, -0.2) is 12.4 Å². The van der Waals surface area contributed by atoms with Crippen molar-refractivity contribution in [2.24, 2.45) is 5.92 Å². The summed E-state index contributed by atoms with van der Waals surface area (Å²) in [6.07, 6.45) is 1.44. The van der Waals surface area contributed by atoms with Crippen molar-refractivity contribution in [1.29, 1.82) is 0 Å². The third-order valence-electron chi connectivity index (χ3n) is 2.30. The fourth-order valence-corrected chi connectivity index (χ4v) is 1.90. The van der Waals surface area contributed by atoms with Crippen LogP contribution in [0.2, 0.25) is 0 Å². The Bertz CT molecular complexity index is 386. The van der Waals surface area contributed by atoms with Crippen LogP contribution in [0.4, 0.5) is 0 Å². The summed E-state index contributed by atoms with van der Waals surface area (Å²) >= 11 is 3.40. The van der Waals surface area contributed by atoms with Gasteiger partial charge in [0.2, 0.25) is 0 Å². The maximum atomic E-state index is 11.9. The van der Waals surface area contributed by atoms with Gasteiger partial charge in [0.1, 0.15) is 5.75 Å². The van der Waals surface area contributed by atoms with Gasteiger partial charge in [0.05, 0.1) is 6.61 Å². The van der Waals surface area contributed by atoms with E-state index in [1.54, 1.807) is 0 Å². The lowest BCUT2D eigenvalue weighted by Gasteiger charge is -2.10. The van der Waals surface area contributed by atoms with Crippen molar-refractivity contribution >= 4 is 21.7 Å². The van der Waals surface area contributed by atoms with E-state index in [0.717, 1.165) is 16.6 Å². The summed E-state index contributed by atoms with van der Waals surface area (Å²) < 4.78 is 6.46. The molecule has 0 bridgehead atoms. The van der Waals surface area contributed by atoms with Gasteiger partial charge in [-0.3, -0.25) is 4.79 Å². The second-order valence-electron chi connectivity index (χ2n) is 4.52. The minimum absolute atomic E-state index is 0.161. The molecule has 0 aromatic heterocycles. The van der Waals surface area contributed by atoms with E-state index in [4.69, 9.17) is 4.74 Å². The van der Waals surface area contributed by atoms with Crippen molar-refractivity contribution in [2.45, 2.75) is 33.6 Å². The van der Waals surface area contributed by atoms with E-state index in [1.807, 2.05) is 25.1 Å². The molecule has 0 saturated heterocycles. The van der Waals surface area contributed by atoms with Crippen LogP contribution in [0.1, 0.15) is 44.0 Å². The monoisotopic (exact) mass is 298 g/mol. The van der Waals surface area contributed by atoms with Crippen molar-refractivity contribution in [2.75, 3.05) is 6.61 Å². The summed E-state index contributed by atoms with van der Waals surface area (Å²) in [6, 6.07) is 5.58. The molecule has 0 unspecified atom stereocenters. The van der Waals surface area contributed by atoms with Gasteiger partial charge in [-0.2, -0.15) is 0 Å². The van der Waals surface area contributed by atoms with Gasteiger partial charge < -0.3 is 4.74 Å². The Hall–Kier alpha value is -0.830. The lowest BCUT2D eigenvalue weighted by molar-refractivity contribution is 0.0980. The van der Waals surface area contributed by atoms with Crippen LogP contribution in [-0.2, 0) is 0 Å². The fraction of sp³-hybridized carbons (Fsp3) is 0.500. The van der Waals surface area contributed by atoms with Gasteiger partial charge in [-0.15, -0.1) is 0 Å². The van der Waals surface area contributed by atoms with Gasteiger partial charge in [0.15, 0.2) is 5.78 Å². The number of halogens is 1. The molecule has 2 nitrogen and oxygen atoms in total. The molecule has 0 heterocycles. The lowest BCUT2D eigenvalue weighted by atomic mass is 10.1. The molecular formula is C14H19BrO2. The average Bonchev–Trinajstić information content (AvgIpc) is 2.28. The van der Waals surface area contributed by atoms with E-state index < -0.39 is 0 Å². The van der Waals surface area contributed by atoms with Gasteiger partial charge in [-0.1, -0.05) is 36.7 Å². The molecule has 0 aliphatic rings. The van der Waals surface area contributed by atoms with E-state index in [2.05, 4.69) is 29.8 Å². The van der Waals surface area contributed by atoms with Crippen LogP contribution in [0, 0.1) is 5.92 Å². The summed E-state index contributed by atoms with van der Waals surface area (Å²) in [5.74, 6) is 1.41. The SMILES string of the molecule is CCCC(=O)c1cc(OCC(C)C)ccc1Br. The minimum Gasteiger partial charge on any atom is -0.493 e. The topological polar surface area (TPSA) is 26.3 Å². The quantitative estimate of drug-likeness (QED) is 0.725. The molecule has 0 saturated carbocycles. The van der Waals surface area contributed by atoms with Gasteiger partial charge in [-0.05, 0) is 30.5 Å². The van der Waals surface area contributed by atoms with E-state index in [1.165, 1.54) is 0 Å². The summed E-state index contributed by atoms with van der Waals surface area (Å²) in [4.78, 5) is 11.9. The predicted octanol–water partition coefficient (Wildman–Crippen LogP) is 4.47. The first-order chi connectivity index (χ1) is 8.04. The molecule has 0 N–H and O–H groups in total. The normalized spacial score (nSPS) is 10.6. The molecular weight excluding hydrogens is 280 g/mol. The van der Waals surface area contributed by atoms with Gasteiger partial charge in [0, 0.05) is 16.5 Å². The number of Topliss-reactive ketones (excluding diaryl/α,β-unsaturated/α-hetero) is 1. The van der Waals surface area contributed by atoms with Crippen molar-refractivity contribution in [3.8, 4) is 5.75 Å². The van der Waals surface area contributed by atoms with Gasteiger partial charge in [-0.25, -0.2) is 0 Å². The minimum atomic E-state index is 0.161. The average molecular weight is 299 g/mol. The Morgan fingerprint density at radius 3 is 2.71 bits per heavy atom. The number of carbonyl (C=O) groups excluding carboxylic acids is 1. The summed E-state index contributed by atoms with van der Waals surface area (Å²) in [7, 11) is 0. The molecule has 0 spiro atoms. The zero-order chi connectivity index (χ0) is 12.8. The Kier molecular flexibility index (Phi) is 5.69. The largest absolute Gasteiger partial charge is 0.493 e. The highest BCUT2D eigenvalue weighted by Gasteiger charge is 2.10. The fourth-order valence-electron chi connectivity index (χ4n) is 1.43. The standard InChI is InChI=1S/C14H19BrO2/c1-4-5-14(16)12-8-11(6-7-13(12)15)17-9-10(2)3/h6-8,10H,4-5,9H2,1-3H3. The highest BCUT2D eigenvalue weighted by atomic mass is 79.9. The zero-order valence-electron chi connectivity index (χ0n) is 10.6. The molecule has 94 valence electrons. The number of benzene rings is 1. The zero-order valence-corrected chi connectivity index (χ0v) is 12.2. The van der Waals surface area contributed by atoms with Crippen LogP contribution in [0.15, 0.2) is 22.7 Å². The van der Waals surface area contributed by atoms with Crippen molar-refractivity contribution in [3.63, 3.8) is 0 Å². The first kappa shape index (κ1) is 14.2. The Morgan fingerprint density at radius 1 is 1.41 bits per heavy atom. The van der Waals surface area contributed by atoms with Crippen molar-refractivity contribution < 1.29 is 9.53 Å². The predicted molar refractivity (Wildman–Crippen MR) is 73.7 cm³/mol. The van der Waals surface area contributed by atoms with E-state index in [9.17, 15) is 4.79 Å². The van der Waals surface area contributed by atoms with Gasteiger partial charge >= 0.3 is 0 Å². The number of ether oxygens (including phenoxy) is 1. The van der Waals surface area contributed by atoms with Crippen LogP contribution in [0.25, 0.3) is 0 Å². The number of hydrogen-bond acceptors (Lipinski definition) is 2. The Balaban J connectivity index is 2.82. The number of rotatable bonds is 6. The second-order valence-corrected chi connectivity index (χ2v) is 5.37. The second kappa shape index (κ2) is 6.80. The molecule has 1 rings (SSSR count). The molecule has 0 atom stereocenters. The molecule has 1 aromatic carbocycles. The van der Waals surface area contributed by atoms with Crippen LogP contribution in [0.3, 0.4) is 0 Å². The first-order valence-corrected chi connectivity index (χ1v) is 6.79. The smallest absolute Gasteiger partial charge is 0.164 e. The number of ketones is 1. The third kappa shape index (κ3) is 4.50. The maximum absolute atomic E-state index is 11.9. The third-order valence-corrected chi connectivity index (χ3v) is 2.99. The Labute approximate surface area is 111 Å². The molecule has 0 amide bonds. The molecule has 3 heteroatoms. The van der Waals surface area contributed by atoms with Crippen molar-refractivity contribution in [3.05, 3.63) is 28.2 Å². The summed E-state index contributed by atoms with van der Waals surface area (Å²) in [5.41, 5.74) is 0.716. The molecule has 17 heavy (non-hydrogen) atoms. The first-order valence-electron chi connectivity index (χ1n) is 6.00. The number of carbonyl (C=O) groups is 1. The van der Waals surface area contributed by atoms with Crippen LogP contribution >= 0.6 is 15.9 Å². The molecule has 0 radical (unpaired) electrons. The van der Waals surface area contributed by atoms with Gasteiger partial charge in [0.25, 0.3) is 0 Å². The van der Waals surface area contributed by atoms with Crippen molar-refractivity contribution in [1.82, 2.24) is 0 Å². The highest BCUT2D eigenvalue weighted by molar-refractivity contribution is 9.10. The maximum Gasteiger partial charge on any atom is 0.164 e. The van der Waals surface area contributed by atoms with E-state index in [-0.39, 0.29) is 5.78 Å². The van der Waals surface area contributed by atoms with E-state index >= 15 is 0 Å². The summed E-state index contributed by atoms with van der Waals surface area (Å²) in [6.45, 7) is 6.87. The lowest BCUT2D eigenvalue weighted by Crippen LogP contribution is -2.06. The highest BCUT2D eigenvalue weighted by Crippen LogP contribution is 2.24. The van der Waals surface area contributed by atoms with E-state index in [0.29, 0.717) is 24.5 Å². The molecule has 0 aliphatic heterocycles. The Morgan fingerprint density at radius 2 is 2.12 bits per heavy atom.